The van der Waals surface area contributed by atoms with Crippen LogP contribution in [0, 0.1) is 29.1 Å². The van der Waals surface area contributed by atoms with Crippen LogP contribution in [0.1, 0.15) is 51.4 Å². The Balaban J connectivity index is 1.27. The summed E-state index contributed by atoms with van der Waals surface area (Å²) in [6.45, 7) is 3.28. The van der Waals surface area contributed by atoms with Crippen molar-refractivity contribution in [2.45, 2.75) is 57.0 Å². The van der Waals surface area contributed by atoms with Crippen molar-refractivity contribution in [1.82, 2.24) is 4.90 Å². The predicted octanol–water partition coefficient (Wildman–Crippen LogP) is 2.66. The fourth-order valence-corrected chi connectivity index (χ4v) is 6.68. The van der Waals surface area contributed by atoms with Gasteiger partial charge in [-0.2, -0.15) is 0 Å². The second kappa shape index (κ2) is 3.57. The van der Waals surface area contributed by atoms with Crippen molar-refractivity contribution in [1.29, 1.82) is 0 Å². The highest BCUT2D eigenvalue weighted by molar-refractivity contribution is 5.09. The standard InChI is InChI=1S/C17H27NO/c19-17(15-1-2-15)10-18(11-17)9-16-6-12-3-13(7-16)5-14(4-12)8-16/h12-15,19H,1-11H2. The summed E-state index contributed by atoms with van der Waals surface area (Å²) in [6, 6.07) is 0. The van der Waals surface area contributed by atoms with Gasteiger partial charge in [-0.1, -0.05) is 0 Å². The van der Waals surface area contributed by atoms with E-state index in [0.717, 1.165) is 30.8 Å². The highest BCUT2D eigenvalue weighted by Gasteiger charge is 2.56. The minimum absolute atomic E-state index is 0.276. The lowest BCUT2D eigenvalue weighted by molar-refractivity contribution is -0.146. The van der Waals surface area contributed by atoms with Crippen LogP contribution < -0.4 is 0 Å². The van der Waals surface area contributed by atoms with Crippen molar-refractivity contribution in [3.8, 4) is 0 Å². The summed E-state index contributed by atoms with van der Waals surface area (Å²) in [5, 5.41) is 10.5. The van der Waals surface area contributed by atoms with Crippen molar-refractivity contribution in [3.05, 3.63) is 0 Å². The first-order chi connectivity index (χ1) is 9.13. The summed E-state index contributed by atoms with van der Waals surface area (Å²) in [4.78, 5) is 2.59. The van der Waals surface area contributed by atoms with Crippen LogP contribution in [-0.4, -0.2) is 35.2 Å². The Bertz CT molecular complexity index is 359. The van der Waals surface area contributed by atoms with E-state index >= 15 is 0 Å². The average Bonchev–Trinajstić information content (AvgIpc) is 3.07. The topological polar surface area (TPSA) is 23.5 Å². The molecule has 6 fully saturated rings. The lowest BCUT2D eigenvalue weighted by Crippen LogP contribution is -2.66. The number of nitrogens with zero attached hydrogens (tertiary/aromatic N) is 1. The zero-order chi connectivity index (χ0) is 12.7. The fourth-order valence-electron chi connectivity index (χ4n) is 6.68. The average molecular weight is 261 g/mol. The van der Waals surface area contributed by atoms with E-state index in [4.69, 9.17) is 0 Å². The number of aliphatic hydroxyl groups is 1. The number of hydrogen-bond donors (Lipinski definition) is 1. The largest absolute Gasteiger partial charge is 0.387 e. The van der Waals surface area contributed by atoms with Gasteiger partial charge in [0.1, 0.15) is 0 Å². The molecule has 0 aromatic rings. The molecule has 0 spiro atoms. The van der Waals surface area contributed by atoms with Crippen LogP contribution in [0.25, 0.3) is 0 Å². The molecule has 5 aliphatic carbocycles. The van der Waals surface area contributed by atoms with Gasteiger partial charge in [0.15, 0.2) is 0 Å². The lowest BCUT2D eigenvalue weighted by atomic mass is 9.49. The molecule has 6 aliphatic rings. The van der Waals surface area contributed by atoms with E-state index in [9.17, 15) is 5.11 Å². The summed E-state index contributed by atoms with van der Waals surface area (Å²) < 4.78 is 0. The highest BCUT2D eigenvalue weighted by atomic mass is 16.3. The van der Waals surface area contributed by atoms with Gasteiger partial charge in [-0.25, -0.2) is 0 Å². The molecule has 0 radical (unpaired) electrons. The number of β-amino-alcohol motifs (C(OH)–C–C–N with tert-alkyl or cyclic N) is 1. The third-order valence-electron chi connectivity index (χ3n) is 7.06. The first-order valence-electron chi connectivity index (χ1n) is 8.57. The molecule has 6 rings (SSSR count). The molecule has 106 valence electrons. The van der Waals surface area contributed by atoms with Gasteiger partial charge in [-0.3, -0.25) is 4.90 Å². The highest BCUT2D eigenvalue weighted by Crippen LogP contribution is 2.60. The van der Waals surface area contributed by atoms with Crippen LogP contribution in [0.5, 0.6) is 0 Å². The predicted molar refractivity (Wildman–Crippen MR) is 74.7 cm³/mol. The Morgan fingerprint density at radius 2 is 1.42 bits per heavy atom. The third kappa shape index (κ3) is 1.75. The zero-order valence-corrected chi connectivity index (χ0v) is 12.0. The van der Waals surface area contributed by atoms with Crippen LogP contribution in [0.15, 0.2) is 0 Å². The second-order valence-electron chi connectivity index (χ2n) is 8.94. The van der Waals surface area contributed by atoms with Crippen LogP contribution in [0.2, 0.25) is 0 Å². The van der Waals surface area contributed by atoms with Crippen LogP contribution in [0.4, 0.5) is 0 Å². The zero-order valence-electron chi connectivity index (χ0n) is 12.0. The molecular formula is C17H27NO. The molecule has 5 saturated carbocycles. The first kappa shape index (κ1) is 11.6. The maximum absolute atomic E-state index is 10.5. The van der Waals surface area contributed by atoms with E-state index < -0.39 is 0 Å². The molecule has 19 heavy (non-hydrogen) atoms. The van der Waals surface area contributed by atoms with Gasteiger partial charge >= 0.3 is 0 Å². The Morgan fingerprint density at radius 3 is 1.89 bits per heavy atom. The summed E-state index contributed by atoms with van der Waals surface area (Å²) in [5.74, 6) is 3.85. The first-order valence-corrected chi connectivity index (χ1v) is 8.57. The molecule has 0 aromatic heterocycles. The van der Waals surface area contributed by atoms with Gasteiger partial charge in [-0.05, 0) is 80.5 Å². The summed E-state index contributed by atoms with van der Waals surface area (Å²) in [6.07, 6.45) is 11.7. The number of rotatable bonds is 3. The van der Waals surface area contributed by atoms with Crippen molar-refractivity contribution < 1.29 is 5.11 Å². The van der Waals surface area contributed by atoms with Crippen LogP contribution in [-0.2, 0) is 0 Å². The van der Waals surface area contributed by atoms with E-state index in [1.807, 2.05) is 0 Å². The molecular weight excluding hydrogens is 234 g/mol. The lowest BCUT2D eigenvalue weighted by Gasteiger charge is -2.60. The molecule has 0 amide bonds. The van der Waals surface area contributed by atoms with E-state index in [1.54, 1.807) is 19.3 Å². The van der Waals surface area contributed by atoms with Gasteiger partial charge in [0, 0.05) is 19.6 Å². The van der Waals surface area contributed by atoms with Crippen molar-refractivity contribution in [2.24, 2.45) is 29.1 Å². The molecule has 0 unspecified atom stereocenters. The van der Waals surface area contributed by atoms with E-state index in [2.05, 4.69) is 4.90 Å². The molecule has 0 atom stereocenters. The number of likely N-dealkylation sites (tertiary alicyclic amines) is 1. The summed E-state index contributed by atoms with van der Waals surface area (Å²) >= 11 is 0. The minimum Gasteiger partial charge on any atom is -0.387 e. The maximum Gasteiger partial charge on any atom is 0.0928 e. The summed E-state index contributed by atoms with van der Waals surface area (Å²) in [5.41, 5.74) is 0.391. The van der Waals surface area contributed by atoms with E-state index in [1.165, 1.54) is 38.6 Å². The Morgan fingerprint density at radius 1 is 0.895 bits per heavy atom. The molecule has 4 bridgehead atoms. The molecule has 1 heterocycles. The van der Waals surface area contributed by atoms with Crippen molar-refractivity contribution in [3.63, 3.8) is 0 Å². The fraction of sp³-hybridized carbons (Fsp3) is 1.00. The molecule has 1 aliphatic heterocycles. The third-order valence-corrected chi connectivity index (χ3v) is 7.06. The monoisotopic (exact) mass is 261 g/mol. The second-order valence-corrected chi connectivity index (χ2v) is 8.94. The number of hydrogen-bond acceptors (Lipinski definition) is 2. The van der Waals surface area contributed by atoms with E-state index in [-0.39, 0.29) is 5.60 Å². The molecule has 1 saturated heterocycles. The Hall–Kier alpha value is -0.0800. The SMILES string of the molecule is OC1(C2CC2)CN(CC23CC4CC(CC(C4)C2)C3)C1. The van der Waals surface area contributed by atoms with Crippen molar-refractivity contribution >= 4 is 0 Å². The van der Waals surface area contributed by atoms with Gasteiger partial charge in [-0.15, -0.1) is 0 Å². The normalized spacial score (nSPS) is 51.3. The van der Waals surface area contributed by atoms with Gasteiger partial charge in [0.05, 0.1) is 5.60 Å². The quantitative estimate of drug-likeness (QED) is 0.844. The van der Waals surface area contributed by atoms with E-state index in [0.29, 0.717) is 11.3 Å². The molecule has 2 nitrogen and oxygen atoms in total. The maximum atomic E-state index is 10.5. The van der Waals surface area contributed by atoms with Gasteiger partial charge in [0.25, 0.3) is 0 Å². The van der Waals surface area contributed by atoms with Gasteiger partial charge < -0.3 is 5.11 Å². The molecule has 0 aromatic carbocycles. The van der Waals surface area contributed by atoms with Crippen LogP contribution >= 0.6 is 0 Å². The Labute approximate surface area is 116 Å². The molecule has 1 N–H and O–H groups in total. The van der Waals surface area contributed by atoms with Crippen LogP contribution in [0.3, 0.4) is 0 Å². The smallest absolute Gasteiger partial charge is 0.0928 e. The minimum atomic E-state index is -0.276. The Kier molecular flexibility index (Phi) is 2.17. The van der Waals surface area contributed by atoms with Gasteiger partial charge in [0.2, 0.25) is 0 Å². The van der Waals surface area contributed by atoms with Crippen molar-refractivity contribution in [2.75, 3.05) is 19.6 Å². The summed E-state index contributed by atoms with van der Waals surface area (Å²) in [7, 11) is 0. The molecule has 2 heteroatoms.